The van der Waals surface area contributed by atoms with Gasteiger partial charge in [-0.3, -0.25) is 0 Å². The van der Waals surface area contributed by atoms with Crippen molar-refractivity contribution in [2.24, 2.45) is 0 Å². The van der Waals surface area contributed by atoms with Gasteiger partial charge in [-0.2, -0.15) is 0 Å². The highest BCUT2D eigenvalue weighted by atomic mass is 16.7. The van der Waals surface area contributed by atoms with Crippen molar-refractivity contribution in [3.8, 4) is 23.5 Å². The van der Waals surface area contributed by atoms with Crippen LogP contribution in [0.4, 0.5) is 0 Å². The summed E-state index contributed by atoms with van der Waals surface area (Å²) in [5.74, 6) is -5.03. The predicted molar refractivity (Wildman–Crippen MR) is 67.8 cm³/mol. The van der Waals surface area contributed by atoms with E-state index in [0.717, 1.165) is 24.3 Å². The van der Waals surface area contributed by atoms with E-state index in [0.29, 0.717) is 9.46 Å². The van der Waals surface area contributed by atoms with Crippen molar-refractivity contribution in [3.63, 3.8) is 0 Å². The molecular formula is C12H10N2O8. The van der Waals surface area contributed by atoms with Crippen molar-refractivity contribution in [1.29, 1.82) is 0 Å². The zero-order valence-electron chi connectivity index (χ0n) is 10.8. The van der Waals surface area contributed by atoms with Crippen molar-refractivity contribution >= 4 is 11.9 Å². The average Bonchev–Trinajstić information content (AvgIpc) is 2.96. The van der Waals surface area contributed by atoms with Gasteiger partial charge in [-0.1, -0.05) is 6.58 Å². The molecule has 0 unspecified atom stereocenters. The van der Waals surface area contributed by atoms with Crippen molar-refractivity contribution in [2.45, 2.75) is 0 Å². The van der Waals surface area contributed by atoms with E-state index in [1.165, 1.54) is 0 Å². The fourth-order valence-electron chi connectivity index (χ4n) is 1.35. The molecule has 0 aliphatic rings. The van der Waals surface area contributed by atoms with Gasteiger partial charge in [0.05, 0.1) is 0 Å². The number of hydrogen-bond acceptors (Lipinski definition) is 8. The van der Waals surface area contributed by atoms with E-state index in [-0.39, 0.29) is 0 Å². The molecule has 4 N–H and O–H groups in total. The molecule has 22 heavy (non-hydrogen) atoms. The second-order valence-electron chi connectivity index (χ2n) is 3.92. The van der Waals surface area contributed by atoms with Crippen LogP contribution in [0.2, 0.25) is 0 Å². The summed E-state index contributed by atoms with van der Waals surface area (Å²) in [7, 11) is 0. The Morgan fingerprint density at radius 2 is 1.05 bits per heavy atom. The fraction of sp³-hybridized carbons (Fsp3) is 0. The minimum atomic E-state index is -1.34. The first kappa shape index (κ1) is 14.8. The van der Waals surface area contributed by atoms with Gasteiger partial charge in [0.2, 0.25) is 23.5 Å². The molecule has 0 bridgehead atoms. The minimum absolute atomic E-state index is 0.353. The van der Waals surface area contributed by atoms with Crippen LogP contribution in [0.25, 0.3) is 0 Å². The zero-order valence-corrected chi connectivity index (χ0v) is 10.8. The maximum Gasteiger partial charge on any atom is 0.370 e. The SMILES string of the molecule is C=C(C(=O)On1c(O)ccc1O)C(=O)On1c(O)ccc1O. The lowest BCUT2D eigenvalue weighted by molar-refractivity contribution is -0.149. The third kappa shape index (κ3) is 2.65. The van der Waals surface area contributed by atoms with Crippen LogP contribution in [0.1, 0.15) is 0 Å². The summed E-state index contributed by atoms with van der Waals surface area (Å²) < 4.78 is 0.705. The van der Waals surface area contributed by atoms with Crippen LogP contribution in [0.3, 0.4) is 0 Å². The Bertz CT molecular complexity index is 656. The second kappa shape index (κ2) is 5.44. The lowest BCUT2D eigenvalue weighted by atomic mass is 10.3. The van der Waals surface area contributed by atoms with Crippen molar-refractivity contribution in [2.75, 3.05) is 0 Å². The maximum atomic E-state index is 11.7. The van der Waals surface area contributed by atoms with E-state index in [2.05, 4.69) is 16.3 Å². The molecule has 0 saturated carbocycles. The molecule has 10 nitrogen and oxygen atoms in total. The molecule has 0 aliphatic carbocycles. The molecule has 0 atom stereocenters. The maximum absolute atomic E-state index is 11.7. The molecule has 2 aromatic heterocycles. The number of hydrogen-bond donors (Lipinski definition) is 4. The van der Waals surface area contributed by atoms with Gasteiger partial charge in [0, 0.05) is 24.3 Å². The highest BCUT2D eigenvalue weighted by Crippen LogP contribution is 2.20. The number of aromatic hydroxyl groups is 4. The zero-order chi connectivity index (χ0) is 16.4. The Kier molecular flexibility index (Phi) is 3.67. The summed E-state index contributed by atoms with van der Waals surface area (Å²) in [5.41, 5.74) is -0.819. The van der Waals surface area contributed by atoms with E-state index in [4.69, 9.17) is 0 Å². The first-order valence-electron chi connectivity index (χ1n) is 5.65. The smallest absolute Gasteiger partial charge is 0.370 e. The summed E-state index contributed by atoms with van der Waals surface area (Å²) in [6.45, 7) is 3.13. The molecular weight excluding hydrogens is 300 g/mol. The van der Waals surface area contributed by atoms with Gasteiger partial charge >= 0.3 is 11.9 Å². The molecule has 0 fully saturated rings. The van der Waals surface area contributed by atoms with Gasteiger partial charge in [-0.15, -0.1) is 9.46 Å². The number of carbonyl (C=O) groups is 2. The Hall–Kier alpha value is -3.56. The quantitative estimate of drug-likeness (QED) is 0.329. The lowest BCUT2D eigenvalue weighted by Crippen LogP contribution is -2.29. The highest BCUT2D eigenvalue weighted by molar-refractivity contribution is 6.13. The average molecular weight is 310 g/mol. The highest BCUT2D eigenvalue weighted by Gasteiger charge is 2.24. The number of nitrogens with zero attached hydrogens (tertiary/aromatic N) is 2. The Balaban J connectivity index is 2.08. The number of rotatable bonds is 4. The van der Waals surface area contributed by atoms with Crippen LogP contribution in [0.5, 0.6) is 23.5 Å². The van der Waals surface area contributed by atoms with Gasteiger partial charge in [-0.05, 0) is 0 Å². The summed E-state index contributed by atoms with van der Waals surface area (Å²) in [6.07, 6.45) is 0. The Morgan fingerprint density at radius 3 is 1.32 bits per heavy atom. The minimum Gasteiger partial charge on any atom is -0.492 e. The first-order valence-corrected chi connectivity index (χ1v) is 5.65. The van der Waals surface area contributed by atoms with Crippen molar-refractivity contribution < 1.29 is 39.7 Å². The predicted octanol–water partition coefficient (Wildman–Crippen LogP) is -0.721. The fourth-order valence-corrected chi connectivity index (χ4v) is 1.35. The number of aromatic nitrogens is 2. The summed E-state index contributed by atoms with van der Waals surface area (Å²) in [4.78, 5) is 32.4. The lowest BCUT2D eigenvalue weighted by Gasteiger charge is -2.09. The summed E-state index contributed by atoms with van der Waals surface area (Å²) in [5, 5.41) is 37.2. The molecule has 2 heterocycles. The van der Waals surface area contributed by atoms with Crippen LogP contribution in [0, 0.1) is 0 Å². The van der Waals surface area contributed by atoms with Crippen LogP contribution in [-0.4, -0.2) is 41.8 Å². The van der Waals surface area contributed by atoms with Gasteiger partial charge in [0.1, 0.15) is 5.57 Å². The van der Waals surface area contributed by atoms with E-state index < -0.39 is 41.0 Å². The first-order chi connectivity index (χ1) is 10.3. The molecule has 0 aromatic carbocycles. The molecule has 0 spiro atoms. The van der Waals surface area contributed by atoms with Gasteiger partial charge < -0.3 is 30.1 Å². The van der Waals surface area contributed by atoms with Crippen molar-refractivity contribution in [3.05, 3.63) is 36.4 Å². The van der Waals surface area contributed by atoms with E-state index in [9.17, 15) is 30.0 Å². The second-order valence-corrected chi connectivity index (χ2v) is 3.92. The molecule has 10 heteroatoms. The standard InChI is InChI=1S/C12H10N2O8/c1-6(11(19)21-13-7(15)2-3-8(13)16)12(20)22-14-9(17)4-5-10(14)18/h2-5,15-18H,1H2. The summed E-state index contributed by atoms with van der Waals surface area (Å²) >= 11 is 0. The van der Waals surface area contributed by atoms with E-state index in [1.807, 2.05) is 0 Å². The summed E-state index contributed by atoms with van der Waals surface area (Å²) in [6, 6.07) is 4.17. The number of carbonyl (C=O) groups excluding carboxylic acids is 2. The molecule has 2 rings (SSSR count). The van der Waals surface area contributed by atoms with E-state index in [1.54, 1.807) is 0 Å². The molecule has 0 saturated heterocycles. The Labute approximate surface area is 122 Å². The molecule has 2 aromatic rings. The molecule has 116 valence electrons. The van der Waals surface area contributed by atoms with Gasteiger partial charge in [0.25, 0.3) is 0 Å². The van der Waals surface area contributed by atoms with Crippen molar-refractivity contribution in [1.82, 2.24) is 9.46 Å². The third-order valence-corrected chi connectivity index (χ3v) is 2.44. The monoisotopic (exact) mass is 310 g/mol. The topological polar surface area (TPSA) is 143 Å². The van der Waals surface area contributed by atoms with Crippen LogP contribution in [-0.2, 0) is 9.59 Å². The molecule has 0 amide bonds. The largest absolute Gasteiger partial charge is 0.492 e. The normalized spacial score (nSPS) is 10.2. The third-order valence-electron chi connectivity index (χ3n) is 2.44. The van der Waals surface area contributed by atoms with Crippen LogP contribution < -0.4 is 9.68 Å². The van der Waals surface area contributed by atoms with Crippen LogP contribution in [0.15, 0.2) is 36.4 Å². The van der Waals surface area contributed by atoms with Gasteiger partial charge in [0.15, 0.2) is 0 Å². The van der Waals surface area contributed by atoms with E-state index >= 15 is 0 Å². The van der Waals surface area contributed by atoms with Gasteiger partial charge in [-0.25, -0.2) is 9.59 Å². The van der Waals surface area contributed by atoms with Crippen LogP contribution >= 0.6 is 0 Å². The molecule has 0 aliphatic heterocycles. The Morgan fingerprint density at radius 1 is 0.773 bits per heavy atom. The molecule has 0 radical (unpaired) electrons.